The van der Waals surface area contributed by atoms with Gasteiger partial charge in [0.15, 0.2) is 0 Å². The van der Waals surface area contributed by atoms with Gasteiger partial charge in [0.1, 0.15) is 17.0 Å². The number of nitrogens with zero attached hydrogens (tertiary/aromatic N) is 5. The van der Waals surface area contributed by atoms with E-state index < -0.39 is 0 Å². The van der Waals surface area contributed by atoms with Gasteiger partial charge in [0.2, 0.25) is 5.91 Å². The van der Waals surface area contributed by atoms with Crippen molar-refractivity contribution in [3.63, 3.8) is 0 Å². The zero-order valence-electron chi connectivity index (χ0n) is 21.3. The topological polar surface area (TPSA) is 64.6 Å². The maximum absolute atomic E-state index is 12.9. The number of benzene rings is 1. The molecule has 0 spiro atoms. The van der Waals surface area contributed by atoms with Crippen LogP contribution in [0.4, 0.5) is 5.82 Å². The van der Waals surface area contributed by atoms with Crippen LogP contribution in [0.3, 0.4) is 0 Å². The predicted octanol–water partition coefficient (Wildman–Crippen LogP) is 4.33. The molecule has 1 fully saturated rings. The number of fused-ring (bicyclic) bond motifs is 3. The molecule has 1 aromatic carbocycles. The molecule has 0 unspecified atom stereocenters. The van der Waals surface area contributed by atoms with Crippen molar-refractivity contribution in [2.75, 3.05) is 51.1 Å². The largest absolute Gasteiger partial charge is 0.363 e. The molecule has 2 aliphatic rings. The lowest BCUT2D eigenvalue weighted by molar-refractivity contribution is -0.126. The first kappa shape index (κ1) is 24.9. The Morgan fingerprint density at radius 3 is 2.67 bits per heavy atom. The molecule has 0 radical (unpaired) electrons. The first-order valence-electron chi connectivity index (χ1n) is 13.1. The molecular weight excluding hydrogens is 468 g/mol. The van der Waals surface area contributed by atoms with Crippen molar-refractivity contribution in [1.29, 1.82) is 0 Å². The van der Waals surface area contributed by atoms with Crippen LogP contribution in [0.15, 0.2) is 48.8 Å². The minimum absolute atomic E-state index is 0.102. The molecular formula is C28H36N6OS. The van der Waals surface area contributed by atoms with E-state index in [0.29, 0.717) is 6.54 Å². The van der Waals surface area contributed by atoms with Gasteiger partial charge in [0.25, 0.3) is 0 Å². The van der Waals surface area contributed by atoms with Crippen molar-refractivity contribution in [3.05, 3.63) is 64.8 Å². The quantitative estimate of drug-likeness (QED) is 0.461. The van der Waals surface area contributed by atoms with Crippen LogP contribution in [-0.4, -0.2) is 76.4 Å². The number of hydrogen-bond acceptors (Lipinski definition) is 7. The standard InChI is InChI=1S/C28H36N6OS/c1-3-12-32-15-17-33(18-16-32)13-7-10-25(35)34-14-11-23-24(19-34)36-28-26(23)27(29-20-30-28)31-21(2)22-8-5-4-6-9-22/h4-10,20-21H,3,11-19H2,1-2H3,(H,29,30,31)/b10-7+/t21-/m1/s1. The minimum Gasteiger partial charge on any atom is -0.363 e. The van der Waals surface area contributed by atoms with E-state index in [9.17, 15) is 4.79 Å². The lowest BCUT2D eigenvalue weighted by Gasteiger charge is -2.33. The van der Waals surface area contributed by atoms with E-state index in [-0.39, 0.29) is 11.9 Å². The van der Waals surface area contributed by atoms with Crippen molar-refractivity contribution in [2.24, 2.45) is 0 Å². The molecule has 8 heteroatoms. The highest BCUT2D eigenvalue weighted by Gasteiger charge is 2.26. The summed E-state index contributed by atoms with van der Waals surface area (Å²) in [6.07, 6.45) is 7.49. The zero-order chi connectivity index (χ0) is 24.9. The normalized spacial score (nSPS) is 18.0. The fourth-order valence-corrected chi connectivity index (χ4v) is 6.38. The Hall–Kier alpha value is -2.81. The Labute approximate surface area is 217 Å². The summed E-state index contributed by atoms with van der Waals surface area (Å²) in [5.41, 5.74) is 2.51. The van der Waals surface area contributed by atoms with Crippen LogP contribution in [0, 0.1) is 0 Å². The summed E-state index contributed by atoms with van der Waals surface area (Å²) in [7, 11) is 0. The Balaban J connectivity index is 1.22. The molecule has 5 rings (SSSR count). The summed E-state index contributed by atoms with van der Waals surface area (Å²) in [4.78, 5) is 31.2. The molecule has 2 aromatic heterocycles. The second kappa shape index (κ2) is 11.5. The van der Waals surface area contributed by atoms with Crippen molar-refractivity contribution in [1.82, 2.24) is 24.7 Å². The van der Waals surface area contributed by atoms with Gasteiger partial charge in [0, 0.05) is 56.3 Å². The van der Waals surface area contributed by atoms with Crippen LogP contribution in [0.2, 0.25) is 0 Å². The molecule has 1 amide bonds. The molecule has 4 heterocycles. The Morgan fingerprint density at radius 2 is 1.89 bits per heavy atom. The van der Waals surface area contributed by atoms with E-state index in [1.54, 1.807) is 23.7 Å². The number of anilines is 1. The SMILES string of the molecule is CCCN1CCN(C/C=C/C(=O)N2CCc3c(sc4ncnc(N[C@H](C)c5ccccc5)c34)C2)CC1. The summed E-state index contributed by atoms with van der Waals surface area (Å²) >= 11 is 1.69. The minimum atomic E-state index is 0.102. The van der Waals surface area contributed by atoms with Gasteiger partial charge in [0.05, 0.1) is 11.9 Å². The average molecular weight is 505 g/mol. The number of hydrogen-bond donors (Lipinski definition) is 1. The van der Waals surface area contributed by atoms with Gasteiger partial charge in [-0.25, -0.2) is 9.97 Å². The molecule has 0 bridgehead atoms. The third kappa shape index (κ3) is 5.61. The van der Waals surface area contributed by atoms with Gasteiger partial charge < -0.3 is 15.1 Å². The molecule has 7 nitrogen and oxygen atoms in total. The zero-order valence-corrected chi connectivity index (χ0v) is 22.1. The lowest BCUT2D eigenvalue weighted by Crippen LogP contribution is -2.46. The summed E-state index contributed by atoms with van der Waals surface area (Å²) in [6, 6.07) is 10.5. The highest BCUT2D eigenvalue weighted by Crippen LogP contribution is 2.38. The maximum Gasteiger partial charge on any atom is 0.246 e. The van der Waals surface area contributed by atoms with Crippen molar-refractivity contribution in [2.45, 2.75) is 39.3 Å². The van der Waals surface area contributed by atoms with E-state index in [0.717, 1.165) is 61.7 Å². The Morgan fingerprint density at radius 1 is 1.11 bits per heavy atom. The second-order valence-electron chi connectivity index (χ2n) is 9.74. The second-order valence-corrected chi connectivity index (χ2v) is 10.8. The lowest BCUT2D eigenvalue weighted by atomic mass is 10.0. The van der Waals surface area contributed by atoms with E-state index in [1.165, 1.54) is 29.0 Å². The Bertz CT molecular complexity index is 1200. The highest BCUT2D eigenvalue weighted by atomic mass is 32.1. The van der Waals surface area contributed by atoms with Gasteiger partial charge in [-0.1, -0.05) is 43.3 Å². The number of carbonyl (C=O) groups excluding carboxylic acids is 1. The van der Waals surface area contributed by atoms with E-state index in [2.05, 4.69) is 63.2 Å². The molecule has 190 valence electrons. The molecule has 0 saturated carbocycles. The Kier molecular flexibility index (Phi) is 7.94. The number of amides is 1. The van der Waals surface area contributed by atoms with Crippen molar-refractivity contribution in [3.8, 4) is 0 Å². The third-order valence-corrected chi connectivity index (χ3v) is 8.35. The van der Waals surface area contributed by atoms with Crippen LogP contribution < -0.4 is 5.32 Å². The van der Waals surface area contributed by atoms with Crippen LogP contribution >= 0.6 is 11.3 Å². The summed E-state index contributed by atoms with van der Waals surface area (Å²) in [5.74, 6) is 0.984. The molecule has 2 aliphatic heterocycles. The third-order valence-electron chi connectivity index (χ3n) is 7.23. The summed E-state index contributed by atoms with van der Waals surface area (Å²) in [5, 5.41) is 4.71. The number of carbonyl (C=O) groups is 1. The van der Waals surface area contributed by atoms with Gasteiger partial charge >= 0.3 is 0 Å². The van der Waals surface area contributed by atoms with Crippen molar-refractivity contribution >= 4 is 33.3 Å². The number of thiophene rings is 1. The molecule has 0 aliphatic carbocycles. The monoisotopic (exact) mass is 504 g/mol. The molecule has 1 atom stereocenters. The fourth-order valence-electron chi connectivity index (χ4n) is 5.18. The first-order valence-corrected chi connectivity index (χ1v) is 13.9. The predicted molar refractivity (Wildman–Crippen MR) is 147 cm³/mol. The highest BCUT2D eigenvalue weighted by molar-refractivity contribution is 7.19. The number of rotatable bonds is 8. The number of nitrogens with one attached hydrogen (secondary N) is 1. The number of piperazine rings is 1. The molecule has 3 aromatic rings. The molecule has 36 heavy (non-hydrogen) atoms. The van der Waals surface area contributed by atoms with Crippen LogP contribution in [0.25, 0.3) is 10.2 Å². The number of aromatic nitrogens is 2. The van der Waals surface area contributed by atoms with E-state index in [1.807, 2.05) is 17.0 Å². The average Bonchev–Trinajstić information content (AvgIpc) is 3.29. The smallest absolute Gasteiger partial charge is 0.246 e. The fraction of sp³-hybridized carbons (Fsp3) is 0.464. The van der Waals surface area contributed by atoms with Gasteiger partial charge in [-0.2, -0.15) is 0 Å². The van der Waals surface area contributed by atoms with Crippen LogP contribution in [0.1, 0.15) is 42.3 Å². The van der Waals surface area contributed by atoms with Crippen molar-refractivity contribution < 1.29 is 4.79 Å². The van der Waals surface area contributed by atoms with E-state index >= 15 is 0 Å². The van der Waals surface area contributed by atoms with Gasteiger partial charge in [-0.05, 0) is 37.4 Å². The van der Waals surface area contributed by atoms with Crippen LogP contribution in [-0.2, 0) is 17.8 Å². The van der Waals surface area contributed by atoms with Crippen LogP contribution in [0.5, 0.6) is 0 Å². The van der Waals surface area contributed by atoms with Gasteiger partial charge in [-0.3, -0.25) is 9.69 Å². The maximum atomic E-state index is 12.9. The first-order chi connectivity index (χ1) is 17.6. The molecule has 1 N–H and O–H groups in total. The molecule has 1 saturated heterocycles. The van der Waals surface area contributed by atoms with Gasteiger partial charge in [-0.15, -0.1) is 11.3 Å². The van der Waals surface area contributed by atoms with E-state index in [4.69, 9.17) is 0 Å². The summed E-state index contributed by atoms with van der Waals surface area (Å²) in [6.45, 7) is 12.2. The summed E-state index contributed by atoms with van der Waals surface area (Å²) < 4.78 is 0.